The van der Waals surface area contributed by atoms with Crippen LogP contribution in [0.4, 0.5) is 0 Å². The Kier molecular flexibility index (Phi) is 6.01. The van der Waals surface area contributed by atoms with Gasteiger partial charge in [-0.15, -0.1) is 0 Å². The molecular weight excluding hydrogens is 262 g/mol. The van der Waals surface area contributed by atoms with Crippen molar-refractivity contribution in [2.45, 2.75) is 39.0 Å². The van der Waals surface area contributed by atoms with Gasteiger partial charge in [-0.25, -0.2) is 4.98 Å². The highest BCUT2D eigenvalue weighted by Gasteiger charge is 2.15. The standard InChI is InChI=1S/C17H25N3O/c1-14-16(13-18)6-9-19-17(14)21-12-4-3-5-15-7-10-20(2)11-8-15/h6,9,15H,3-5,7-8,10-12H2,1-2H3. The molecule has 1 saturated heterocycles. The van der Waals surface area contributed by atoms with Crippen LogP contribution >= 0.6 is 0 Å². The zero-order valence-electron chi connectivity index (χ0n) is 13.1. The van der Waals surface area contributed by atoms with Crippen LogP contribution in [0.2, 0.25) is 0 Å². The van der Waals surface area contributed by atoms with Crippen LogP contribution in [-0.4, -0.2) is 36.6 Å². The maximum Gasteiger partial charge on any atom is 0.217 e. The molecule has 0 aromatic carbocycles. The highest BCUT2D eigenvalue weighted by atomic mass is 16.5. The minimum atomic E-state index is 0.605. The van der Waals surface area contributed by atoms with Crippen LogP contribution in [0.5, 0.6) is 5.88 Å². The van der Waals surface area contributed by atoms with Gasteiger partial charge in [0, 0.05) is 11.8 Å². The maximum atomic E-state index is 8.98. The fraction of sp³-hybridized carbons (Fsp3) is 0.647. The first kappa shape index (κ1) is 15.8. The third kappa shape index (κ3) is 4.71. The molecule has 0 bridgehead atoms. The number of piperidine rings is 1. The van der Waals surface area contributed by atoms with E-state index in [0.29, 0.717) is 18.1 Å². The molecule has 0 spiro atoms. The fourth-order valence-electron chi connectivity index (χ4n) is 2.84. The van der Waals surface area contributed by atoms with Gasteiger partial charge in [-0.05, 0) is 64.7 Å². The molecule has 4 nitrogen and oxygen atoms in total. The number of likely N-dealkylation sites (tertiary alicyclic amines) is 1. The highest BCUT2D eigenvalue weighted by molar-refractivity contribution is 5.41. The first-order valence-electron chi connectivity index (χ1n) is 7.87. The molecular formula is C17H25N3O. The molecule has 114 valence electrons. The van der Waals surface area contributed by atoms with Crippen molar-refractivity contribution in [3.05, 3.63) is 23.4 Å². The summed E-state index contributed by atoms with van der Waals surface area (Å²) in [7, 11) is 2.20. The lowest BCUT2D eigenvalue weighted by atomic mass is 9.92. The lowest BCUT2D eigenvalue weighted by Crippen LogP contribution is -2.30. The van der Waals surface area contributed by atoms with Gasteiger partial charge in [-0.3, -0.25) is 0 Å². The van der Waals surface area contributed by atoms with E-state index < -0.39 is 0 Å². The molecule has 0 unspecified atom stereocenters. The first-order chi connectivity index (χ1) is 10.2. The van der Waals surface area contributed by atoms with Gasteiger partial charge in [0.2, 0.25) is 5.88 Å². The monoisotopic (exact) mass is 287 g/mol. The molecule has 0 radical (unpaired) electrons. The Bertz CT molecular complexity index is 487. The van der Waals surface area contributed by atoms with Crippen molar-refractivity contribution in [1.82, 2.24) is 9.88 Å². The second-order valence-corrected chi connectivity index (χ2v) is 5.99. The topological polar surface area (TPSA) is 49.1 Å². The van der Waals surface area contributed by atoms with Crippen LogP contribution < -0.4 is 4.74 Å². The number of ether oxygens (including phenoxy) is 1. The summed E-state index contributed by atoms with van der Waals surface area (Å²) >= 11 is 0. The maximum absolute atomic E-state index is 8.98. The van der Waals surface area contributed by atoms with Crippen LogP contribution in [0, 0.1) is 24.2 Å². The second-order valence-electron chi connectivity index (χ2n) is 5.99. The number of hydrogen-bond donors (Lipinski definition) is 0. The van der Waals surface area contributed by atoms with E-state index >= 15 is 0 Å². The summed E-state index contributed by atoms with van der Waals surface area (Å²) in [5.74, 6) is 1.50. The van der Waals surface area contributed by atoms with Crippen LogP contribution in [0.15, 0.2) is 12.3 Å². The summed E-state index contributed by atoms with van der Waals surface area (Å²) in [5, 5.41) is 8.98. The van der Waals surface area contributed by atoms with Crippen molar-refractivity contribution in [2.75, 3.05) is 26.7 Å². The number of hydrogen-bond acceptors (Lipinski definition) is 4. The summed E-state index contributed by atoms with van der Waals surface area (Å²) in [4.78, 5) is 6.62. The van der Waals surface area contributed by atoms with E-state index in [-0.39, 0.29) is 0 Å². The minimum absolute atomic E-state index is 0.605. The van der Waals surface area contributed by atoms with Crippen molar-refractivity contribution < 1.29 is 4.74 Å². The molecule has 0 atom stereocenters. The number of rotatable bonds is 6. The average Bonchev–Trinajstić information content (AvgIpc) is 2.50. The Morgan fingerprint density at radius 3 is 2.86 bits per heavy atom. The molecule has 1 fully saturated rings. The fourth-order valence-corrected chi connectivity index (χ4v) is 2.84. The van der Waals surface area contributed by atoms with Crippen molar-refractivity contribution in [1.29, 1.82) is 5.26 Å². The van der Waals surface area contributed by atoms with Gasteiger partial charge in [-0.2, -0.15) is 5.26 Å². The highest BCUT2D eigenvalue weighted by Crippen LogP contribution is 2.22. The number of pyridine rings is 1. The van der Waals surface area contributed by atoms with Gasteiger partial charge in [-0.1, -0.05) is 6.42 Å². The van der Waals surface area contributed by atoms with Crippen LogP contribution in [0.3, 0.4) is 0 Å². The predicted octanol–water partition coefficient (Wildman–Crippen LogP) is 3.15. The molecule has 1 aromatic rings. The first-order valence-corrected chi connectivity index (χ1v) is 7.87. The predicted molar refractivity (Wildman–Crippen MR) is 83.3 cm³/mol. The summed E-state index contributed by atoms with van der Waals surface area (Å²) in [6.07, 6.45) is 7.89. The molecule has 0 amide bonds. The Morgan fingerprint density at radius 2 is 2.14 bits per heavy atom. The molecule has 2 heterocycles. The summed E-state index contributed by atoms with van der Waals surface area (Å²) in [6, 6.07) is 3.88. The van der Waals surface area contributed by atoms with Crippen molar-refractivity contribution in [3.63, 3.8) is 0 Å². The summed E-state index contributed by atoms with van der Waals surface area (Å²) in [6.45, 7) is 5.06. The lowest BCUT2D eigenvalue weighted by Gasteiger charge is -2.28. The van der Waals surface area contributed by atoms with Crippen LogP contribution in [0.25, 0.3) is 0 Å². The van der Waals surface area contributed by atoms with Gasteiger partial charge >= 0.3 is 0 Å². The molecule has 1 aromatic heterocycles. The van der Waals surface area contributed by atoms with E-state index in [4.69, 9.17) is 10.00 Å². The largest absolute Gasteiger partial charge is 0.477 e. The third-order valence-electron chi connectivity index (χ3n) is 4.36. The van der Waals surface area contributed by atoms with Gasteiger partial charge < -0.3 is 9.64 Å². The Morgan fingerprint density at radius 1 is 1.38 bits per heavy atom. The number of nitriles is 1. The lowest BCUT2D eigenvalue weighted by molar-refractivity contribution is 0.205. The molecule has 0 N–H and O–H groups in total. The molecule has 4 heteroatoms. The van der Waals surface area contributed by atoms with Crippen LogP contribution in [-0.2, 0) is 0 Å². The van der Waals surface area contributed by atoms with Crippen molar-refractivity contribution in [2.24, 2.45) is 5.92 Å². The molecule has 1 aliphatic heterocycles. The normalized spacial score (nSPS) is 16.6. The Balaban J connectivity index is 1.65. The van der Waals surface area contributed by atoms with Gasteiger partial charge in [0.1, 0.15) is 0 Å². The van der Waals surface area contributed by atoms with Gasteiger partial charge in [0.15, 0.2) is 0 Å². The Hall–Kier alpha value is -1.60. The SMILES string of the molecule is Cc1c(C#N)ccnc1OCCCCC1CCN(C)CC1. The minimum Gasteiger partial charge on any atom is -0.477 e. The van der Waals surface area contributed by atoms with Crippen molar-refractivity contribution >= 4 is 0 Å². The van der Waals surface area contributed by atoms with E-state index in [1.165, 1.54) is 38.8 Å². The van der Waals surface area contributed by atoms with E-state index in [2.05, 4.69) is 23.0 Å². The van der Waals surface area contributed by atoms with Gasteiger partial charge in [0.05, 0.1) is 18.2 Å². The number of nitrogens with zero attached hydrogens (tertiary/aromatic N) is 3. The van der Waals surface area contributed by atoms with Crippen LogP contribution in [0.1, 0.15) is 43.2 Å². The van der Waals surface area contributed by atoms with Gasteiger partial charge in [0.25, 0.3) is 0 Å². The Labute approximate surface area is 127 Å². The van der Waals surface area contributed by atoms with E-state index in [9.17, 15) is 0 Å². The molecule has 0 aliphatic carbocycles. The smallest absolute Gasteiger partial charge is 0.217 e. The number of unbranched alkanes of at least 4 members (excludes halogenated alkanes) is 1. The zero-order valence-corrected chi connectivity index (χ0v) is 13.1. The molecule has 21 heavy (non-hydrogen) atoms. The third-order valence-corrected chi connectivity index (χ3v) is 4.36. The van der Waals surface area contributed by atoms with Crippen molar-refractivity contribution in [3.8, 4) is 11.9 Å². The zero-order chi connectivity index (χ0) is 15.1. The van der Waals surface area contributed by atoms with E-state index in [1.54, 1.807) is 12.3 Å². The summed E-state index contributed by atoms with van der Waals surface area (Å²) in [5.41, 5.74) is 1.49. The molecule has 2 rings (SSSR count). The molecule has 1 aliphatic rings. The summed E-state index contributed by atoms with van der Waals surface area (Å²) < 4.78 is 5.72. The molecule has 0 saturated carbocycles. The quantitative estimate of drug-likeness (QED) is 0.754. The average molecular weight is 287 g/mol. The second kappa shape index (κ2) is 7.99. The van der Waals surface area contributed by atoms with E-state index in [0.717, 1.165) is 17.9 Å². The number of aromatic nitrogens is 1. The van der Waals surface area contributed by atoms with E-state index in [1.807, 2.05) is 6.92 Å².